The molecule has 1 aromatic carbocycles. The molecule has 9 heavy (non-hydrogen) atoms. The minimum absolute atomic E-state index is 0.249. The van der Waals surface area contributed by atoms with Crippen molar-refractivity contribution in [3.63, 3.8) is 0 Å². The van der Waals surface area contributed by atoms with Gasteiger partial charge in [0, 0.05) is 6.07 Å². The number of hydrogen-bond donors (Lipinski definition) is 0. The van der Waals surface area contributed by atoms with Crippen LogP contribution >= 0.6 is 0 Å². The van der Waals surface area contributed by atoms with Gasteiger partial charge in [-0.25, -0.2) is 4.39 Å². The third kappa shape index (κ3) is 1.28. The SMILES string of the molecule is Cc1c[c]c(F)c(C)c1. The normalized spacial score (nSPS) is 9.67. The Morgan fingerprint density at radius 3 is 2.56 bits per heavy atom. The summed E-state index contributed by atoms with van der Waals surface area (Å²) in [6, 6.07) is 5.94. The van der Waals surface area contributed by atoms with Crippen molar-refractivity contribution >= 4 is 0 Å². The molecule has 0 N–H and O–H groups in total. The molecule has 0 saturated heterocycles. The van der Waals surface area contributed by atoms with E-state index in [-0.39, 0.29) is 5.82 Å². The van der Waals surface area contributed by atoms with Crippen LogP contribution in [-0.4, -0.2) is 0 Å². The van der Waals surface area contributed by atoms with Crippen LogP contribution in [0, 0.1) is 25.7 Å². The summed E-state index contributed by atoms with van der Waals surface area (Å²) in [5.74, 6) is -0.249. The first-order valence-electron chi connectivity index (χ1n) is 2.84. The van der Waals surface area contributed by atoms with E-state index >= 15 is 0 Å². The molecule has 0 aromatic heterocycles. The van der Waals surface area contributed by atoms with Crippen LogP contribution in [0.15, 0.2) is 12.1 Å². The maximum absolute atomic E-state index is 12.4. The smallest absolute Gasteiger partial charge is 0.134 e. The van der Waals surface area contributed by atoms with Crippen LogP contribution in [0.3, 0.4) is 0 Å². The summed E-state index contributed by atoms with van der Waals surface area (Å²) in [7, 11) is 0. The molecule has 0 aliphatic carbocycles. The second kappa shape index (κ2) is 2.18. The molecule has 0 spiro atoms. The molecule has 0 saturated carbocycles. The van der Waals surface area contributed by atoms with Gasteiger partial charge in [-0.05, 0) is 25.5 Å². The summed E-state index contributed by atoms with van der Waals surface area (Å²) < 4.78 is 12.4. The summed E-state index contributed by atoms with van der Waals surface area (Å²) in [6.45, 7) is 3.65. The van der Waals surface area contributed by atoms with E-state index < -0.39 is 0 Å². The highest BCUT2D eigenvalue weighted by molar-refractivity contribution is 5.21. The van der Waals surface area contributed by atoms with Gasteiger partial charge in [-0.15, -0.1) is 0 Å². The van der Waals surface area contributed by atoms with Gasteiger partial charge in [-0.1, -0.05) is 11.6 Å². The Labute approximate surface area is 54.3 Å². The zero-order chi connectivity index (χ0) is 6.85. The molecule has 0 amide bonds. The molecule has 1 rings (SSSR count). The first kappa shape index (κ1) is 6.27. The minimum atomic E-state index is -0.249. The van der Waals surface area contributed by atoms with Crippen LogP contribution in [0.1, 0.15) is 11.1 Å². The van der Waals surface area contributed by atoms with Crippen molar-refractivity contribution in [1.82, 2.24) is 0 Å². The van der Waals surface area contributed by atoms with Crippen molar-refractivity contribution in [3.05, 3.63) is 35.1 Å². The van der Waals surface area contributed by atoms with Crippen molar-refractivity contribution in [2.45, 2.75) is 13.8 Å². The van der Waals surface area contributed by atoms with E-state index in [0.29, 0.717) is 5.56 Å². The molecule has 1 radical (unpaired) electrons. The second-order valence-corrected chi connectivity index (χ2v) is 2.17. The fourth-order valence-corrected chi connectivity index (χ4v) is 0.738. The molecular formula is C8H8F. The number of hydrogen-bond acceptors (Lipinski definition) is 0. The van der Waals surface area contributed by atoms with Crippen molar-refractivity contribution in [2.75, 3.05) is 0 Å². The van der Waals surface area contributed by atoms with Gasteiger partial charge in [-0.3, -0.25) is 0 Å². The second-order valence-electron chi connectivity index (χ2n) is 2.17. The van der Waals surface area contributed by atoms with Gasteiger partial charge < -0.3 is 0 Å². The van der Waals surface area contributed by atoms with Gasteiger partial charge in [0.2, 0.25) is 0 Å². The Kier molecular flexibility index (Phi) is 1.52. The largest absolute Gasteiger partial charge is 0.206 e. The molecule has 0 aliphatic rings. The first-order chi connectivity index (χ1) is 4.20. The average Bonchev–Trinajstić information content (AvgIpc) is 1.80. The van der Waals surface area contributed by atoms with Crippen molar-refractivity contribution in [3.8, 4) is 0 Å². The summed E-state index contributed by atoms with van der Waals surface area (Å²) in [5.41, 5.74) is 1.71. The molecule has 1 aromatic rings. The predicted octanol–water partition coefficient (Wildman–Crippen LogP) is 2.24. The van der Waals surface area contributed by atoms with Gasteiger partial charge in [0.1, 0.15) is 5.82 Å². The number of rotatable bonds is 0. The molecule has 0 aliphatic heterocycles. The number of aryl methyl sites for hydroxylation is 2. The Morgan fingerprint density at radius 1 is 1.44 bits per heavy atom. The van der Waals surface area contributed by atoms with Crippen molar-refractivity contribution in [2.24, 2.45) is 0 Å². The quantitative estimate of drug-likeness (QED) is 0.496. The van der Waals surface area contributed by atoms with E-state index in [0.717, 1.165) is 5.56 Å². The van der Waals surface area contributed by atoms with Crippen LogP contribution in [0.2, 0.25) is 0 Å². The average molecular weight is 123 g/mol. The summed E-state index contributed by atoms with van der Waals surface area (Å²) in [4.78, 5) is 0. The lowest BCUT2D eigenvalue weighted by Crippen LogP contribution is -1.81. The third-order valence-corrected chi connectivity index (χ3v) is 1.22. The van der Waals surface area contributed by atoms with Gasteiger partial charge >= 0.3 is 0 Å². The Morgan fingerprint density at radius 2 is 2.11 bits per heavy atom. The monoisotopic (exact) mass is 123 g/mol. The van der Waals surface area contributed by atoms with E-state index in [9.17, 15) is 4.39 Å². The first-order valence-corrected chi connectivity index (χ1v) is 2.84. The topological polar surface area (TPSA) is 0 Å². The maximum atomic E-state index is 12.4. The van der Waals surface area contributed by atoms with E-state index in [2.05, 4.69) is 6.07 Å². The maximum Gasteiger partial charge on any atom is 0.134 e. The molecule has 0 atom stereocenters. The third-order valence-electron chi connectivity index (χ3n) is 1.22. The fraction of sp³-hybridized carbons (Fsp3) is 0.250. The lowest BCUT2D eigenvalue weighted by Gasteiger charge is -1.94. The van der Waals surface area contributed by atoms with E-state index in [1.807, 2.05) is 6.92 Å². The minimum Gasteiger partial charge on any atom is -0.206 e. The Hall–Kier alpha value is -0.850. The lowest BCUT2D eigenvalue weighted by molar-refractivity contribution is 0.616. The van der Waals surface area contributed by atoms with Crippen LogP contribution in [0.5, 0.6) is 0 Å². The van der Waals surface area contributed by atoms with E-state index in [1.54, 1.807) is 19.1 Å². The highest BCUT2D eigenvalue weighted by Crippen LogP contribution is 2.06. The molecule has 0 fully saturated rings. The summed E-state index contributed by atoms with van der Waals surface area (Å²) in [5, 5.41) is 0. The van der Waals surface area contributed by atoms with Crippen molar-refractivity contribution in [1.29, 1.82) is 0 Å². The Bertz CT molecular complexity index is 216. The zero-order valence-corrected chi connectivity index (χ0v) is 5.53. The van der Waals surface area contributed by atoms with Crippen LogP contribution in [0.25, 0.3) is 0 Å². The highest BCUT2D eigenvalue weighted by Gasteiger charge is 1.93. The zero-order valence-electron chi connectivity index (χ0n) is 5.53. The van der Waals surface area contributed by atoms with Gasteiger partial charge in [0.05, 0.1) is 0 Å². The molecule has 47 valence electrons. The molecule has 0 bridgehead atoms. The predicted molar refractivity (Wildman–Crippen MR) is 34.7 cm³/mol. The molecule has 1 heteroatoms. The van der Waals surface area contributed by atoms with Crippen LogP contribution in [0.4, 0.5) is 4.39 Å². The van der Waals surface area contributed by atoms with Crippen molar-refractivity contribution < 1.29 is 4.39 Å². The summed E-state index contributed by atoms with van der Waals surface area (Å²) in [6.07, 6.45) is 0. The highest BCUT2D eigenvalue weighted by atomic mass is 19.1. The molecule has 0 nitrogen and oxygen atoms in total. The Balaban J connectivity index is 3.17. The van der Waals surface area contributed by atoms with Gasteiger partial charge in [0.15, 0.2) is 0 Å². The van der Waals surface area contributed by atoms with E-state index in [4.69, 9.17) is 0 Å². The fourth-order valence-electron chi connectivity index (χ4n) is 0.738. The molecule has 0 unspecified atom stereocenters. The standard InChI is InChI=1S/C8H8F/c1-6-3-4-8(9)7(2)5-6/h3,5H,1-2H3. The lowest BCUT2D eigenvalue weighted by atomic mass is 10.1. The number of halogens is 1. The van der Waals surface area contributed by atoms with E-state index in [1.165, 1.54) is 0 Å². The van der Waals surface area contributed by atoms with Gasteiger partial charge in [-0.2, -0.15) is 0 Å². The van der Waals surface area contributed by atoms with Crippen LogP contribution in [-0.2, 0) is 0 Å². The molecular weight excluding hydrogens is 115 g/mol. The molecule has 0 heterocycles. The van der Waals surface area contributed by atoms with Gasteiger partial charge in [0.25, 0.3) is 0 Å². The number of benzene rings is 1. The van der Waals surface area contributed by atoms with Crippen LogP contribution < -0.4 is 0 Å². The summed E-state index contributed by atoms with van der Waals surface area (Å²) >= 11 is 0.